The first kappa shape index (κ1) is 10.0. The van der Waals surface area contributed by atoms with Crippen molar-refractivity contribution in [2.45, 2.75) is 18.6 Å². The first-order valence-corrected chi connectivity index (χ1v) is 3.68. The normalized spacial score (nSPS) is 14.5. The number of halogens is 3. The van der Waals surface area contributed by atoms with Crippen molar-refractivity contribution >= 4 is 0 Å². The maximum absolute atomic E-state index is 11.9. The van der Waals surface area contributed by atoms with Gasteiger partial charge in [-0.3, -0.25) is 0 Å². The Morgan fingerprint density at radius 1 is 1.62 bits per heavy atom. The SMILES string of the molecule is Cn1cnc([C@@H](N)CC(F)(F)F)c1. The second kappa shape index (κ2) is 3.37. The van der Waals surface area contributed by atoms with Gasteiger partial charge in [-0.2, -0.15) is 13.2 Å². The molecule has 1 aromatic heterocycles. The summed E-state index contributed by atoms with van der Waals surface area (Å²) in [5.74, 6) is 0. The summed E-state index contributed by atoms with van der Waals surface area (Å²) in [5.41, 5.74) is 5.56. The van der Waals surface area contributed by atoms with Gasteiger partial charge in [0.05, 0.1) is 24.5 Å². The van der Waals surface area contributed by atoms with Crippen LogP contribution in [0.1, 0.15) is 18.2 Å². The smallest absolute Gasteiger partial charge is 0.340 e. The lowest BCUT2D eigenvalue weighted by Gasteiger charge is -2.11. The van der Waals surface area contributed by atoms with Gasteiger partial charge in [-0.05, 0) is 0 Å². The van der Waals surface area contributed by atoms with E-state index < -0.39 is 18.6 Å². The maximum atomic E-state index is 11.9. The molecule has 1 aromatic rings. The van der Waals surface area contributed by atoms with Crippen molar-refractivity contribution in [3.63, 3.8) is 0 Å². The van der Waals surface area contributed by atoms with E-state index >= 15 is 0 Å². The number of nitrogens with two attached hydrogens (primary N) is 1. The number of aromatic nitrogens is 2. The first-order valence-electron chi connectivity index (χ1n) is 3.68. The third kappa shape index (κ3) is 3.06. The van der Waals surface area contributed by atoms with Crippen LogP contribution in [-0.4, -0.2) is 15.7 Å². The van der Waals surface area contributed by atoms with Crippen molar-refractivity contribution in [2.24, 2.45) is 12.8 Å². The Kier molecular flexibility index (Phi) is 2.60. The third-order valence-electron chi connectivity index (χ3n) is 1.56. The van der Waals surface area contributed by atoms with E-state index in [1.807, 2.05) is 0 Å². The molecule has 0 radical (unpaired) electrons. The van der Waals surface area contributed by atoms with Crippen LogP contribution in [0.3, 0.4) is 0 Å². The predicted molar refractivity (Wildman–Crippen MR) is 40.8 cm³/mol. The number of rotatable bonds is 2. The Labute approximate surface area is 73.4 Å². The minimum atomic E-state index is -4.24. The second-order valence-corrected chi connectivity index (χ2v) is 2.89. The molecule has 0 aliphatic carbocycles. The van der Waals surface area contributed by atoms with Gasteiger partial charge in [0, 0.05) is 13.2 Å². The molecule has 0 amide bonds. The molecule has 74 valence electrons. The first-order chi connectivity index (χ1) is 5.88. The van der Waals surface area contributed by atoms with Crippen LogP contribution in [0.15, 0.2) is 12.5 Å². The molecule has 13 heavy (non-hydrogen) atoms. The molecule has 0 saturated heterocycles. The lowest BCUT2D eigenvalue weighted by Crippen LogP contribution is -2.20. The number of hydrogen-bond donors (Lipinski definition) is 1. The topological polar surface area (TPSA) is 43.8 Å². The van der Waals surface area contributed by atoms with Crippen molar-refractivity contribution < 1.29 is 13.2 Å². The van der Waals surface area contributed by atoms with Gasteiger partial charge < -0.3 is 10.3 Å². The lowest BCUT2D eigenvalue weighted by atomic mass is 10.1. The van der Waals surface area contributed by atoms with Gasteiger partial charge in [0.25, 0.3) is 0 Å². The number of hydrogen-bond acceptors (Lipinski definition) is 2. The zero-order valence-electron chi connectivity index (χ0n) is 7.04. The standard InChI is InChI=1S/C7H10F3N3/c1-13-3-6(12-4-13)5(11)2-7(8,9)10/h3-5H,2,11H2,1H3/t5-/m0/s1. The summed E-state index contributed by atoms with van der Waals surface area (Å²) >= 11 is 0. The van der Waals surface area contributed by atoms with E-state index in [-0.39, 0.29) is 5.69 Å². The molecule has 0 aromatic carbocycles. The van der Waals surface area contributed by atoms with E-state index in [4.69, 9.17) is 5.73 Å². The quantitative estimate of drug-likeness (QED) is 0.770. The summed E-state index contributed by atoms with van der Waals surface area (Å²) in [6, 6.07) is -1.07. The molecule has 0 fully saturated rings. The van der Waals surface area contributed by atoms with Crippen LogP contribution >= 0.6 is 0 Å². The predicted octanol–water partition coefficient (Wildman–Crippen LogP) is 1.37. The van der Waals surface area contributed by atoms with E-state index in [0.717, 1.165) is 0 Å². The van der Waals surface area contributed by atoms with Gasteiger partial charge in [-0.25, -0.2) is 4.98 Å². The van der Waals surface area contributed by atoms with E-state index in [1.54, 1.807) is 11.6 Å². The molecule has 1 rings (SSSR count). The molecule has 2 N–H and O–H groups in total. The summed E-state index contributed by atoms with van der Waals surface area (Å²) in [6.07, 6.45) is -2.37. The molecule has 1 atom stereocenters. The van der Waals surface area contributed by atoms with Gasteiger partial charge in [0.2, 0.25) is 0 Å². The van der Waals surface area contributed by atoms with Gasteiger partial charge in [-0.1, -0.05) is 0 Å². The molecule has 0 saturated carbocycles. The Hall–Kier alpha value is -1.04. The van der Waals surface area contributed by atoms with Crippen LogP contribution in [0, 0.1) is 0 Å². The van der Waals surface area contributed by atoms with Crippen molar-refractivity contribution in [3.8, 4) is 0 Å². The van der Waals surface area contributed by atoms with Crippen molar-refractivity contribution in [3.05, 3.63) is 18.2 Å². The molecular formula is C7H10F3N3. The minimum absolute atomic E-state index is 0.264. The highest BCUT2D eigenvalue weighted by Gasteiger charge is 2.31. The summed E-state index contributed by atoms with van der Waals surface area (Å²) < 4.78 is 37.2. The zero-order chi connectivity index (χ0) is 10.1. The van der Waals surface area contributed by atoms with E-state index in [9.17, 15) is 13.2 Å². The molecule has 0 aliphatic rings. The van der Waals surface area contributed by atoms with Crippen molar-refractivity contribution in [1.82, 2.24) is 9.55 Å². The van der Waals surface area contributed by atoms with Crippen LogP contribution in [0.4, 0.5) is 13.2 Å². The summed E-state index contributed by atoms with van der Waals surface area (Å²) in [6.45, 7) is 0. The molecule has 3 nitrogen and oxygen atoms in total. The molecular weight excluding hydrogens is 183 g/mol. The Morgan fingerprint density at radius 3 is 2.62 bits per heavy atom. The van der Waals surface area contributed by atoms with E-state index in [2.05, 4.69) is 4.98 Å². The van der Waals surface area contributed by atoms with Gasteiger partial charge in [0.15, 0.2) is 0 Å². The number of nitrogens with zero attached hydrogens (tertiary/aromatic N) is 2. The number of imidazole rings is 1. The maximum Gasteiger partial charge on any atom is 0.390 e. The van der Waals surface area contributed by atoms with Crippen LogP contribution in [0.2, 0.25) is 0 Å². The number of alkyl halides is 3. The average molecular weight is 193 g/mol. The van der Waals surface area contributed by atoms with Crippen LogP contribution in [-0.2, 0) is 7.05 Å². The molecule has 0 spiro atoms. The molecule has 0 aliphatic heterocycles. The Morgan fingerprint density at radius 2 is 2.23 bits per heavy atom. The molecule has 0 unspecified atom stereocenters. The summed E-state index contributed by atoms with van der Waals surface area (Å²) in [5, 5.41) is 0. The largest absolute Gasteiger partial charge is 0.390 e. The fourth-order valence-corrected chi connectivity index (χ4v) is 0.978. The van der Waals surface area contributed by atoms with E-state index in [1.165, 1.54) is 12.5 Å². The van der Waals surface area contributed by atoms with Gasteiger partial charge in [0.1, 0.15) is 0 Å². The van der Waals surface area contributed by atoms with Crippen LogP contribution < -0.4 is 5.73 Å². The number of aryl methyl sites for hydroxylation is 1. The monoisotopic (exact) mass is 193 g/mol. The highest BCUT2D eigenvalue weighted by molar-refractivity contribution is 5.02. The highest BCUT2D eigenvalue weighted by atomic mass is 19.4. The molecule has 1 heterocycles. The zero-order valence-corrected chi connectivity index (χ0v) is 7.04. The molecule has 0 bridgehead atoms. The lowest BCUT2D eigenvalue weighted by molar-refractivity contribution is -0.138. The summed E-state index contributed by atoms with van der Waals surface area (Å²) in [7, 11) is 1.68. The second-order valence-electron chi connectivity index (χ2n) is 2.89. The van der Waals surface area contributed by atoms with Crippen molar-refractivity contribution in [2.75, 3.05) is 0 Å². The minimum Gasteiger partial charge on any atom is -0.340 e. The summed E-state index contributed by atoms with van der Waals surface area (Å²) in [4.78, 5) is 3.74. The van der Waals surface area contributed by atoms with Crippen LogP contribution in [0.25, 0.3) is 0 Å². The Bertz CT molecular complexity index is 279. The fraction of sp³-hybridized carbons (Fsp3) is 0.571. The van der Waals surface area contributed by atoms with Crippen LogP contribution in [0.5, 0.6) is 0 Å². The highest BCUT2D eigenvalue weighted by Crippen LogP contribution is 2.26. The Balaban J connectivity index is 2.64. The molecule has 6 heteroatoms. The van der Waals surface area contributed by atoms with Crippen molar-refractivity contribution in [1.29, 1.82) is 0 Å². The average Bonchev–Trinajstić information content (AvgIpc) is 2.31. The van der Waals surface area contributed by atoms with Gasteiger partial charge >= 0.3 is 6.18 Å². The fourth-order valence-electron chi connectivity index (χ4n) is 0.978. The van der Waals surface area contributed by atoms with Gasteiger partial charge in [-0.15, -0.1) is 0 Å². The van der Waals surface area contributed by atoms with E-state index in [0.29, 0.717) is 0 Å². The third-order valence-corrected chi connectivity index (χ3v) is 1.56.